The number of allylic oxidation sites excluding steroid dienone is 5. The highest BCUT2D eigenvalue weighted by molar-refractivity contribution is 6.08. The molecular formula is C42H47F3N4O2. The Balaban J connectivity index is 1.16. The Bertz CT molecular complexity index is 1770. The van der Waals surface area contributed by atoms with Gasteiger partial charge in [0.1, 0.15) is 12.3 Å². The highest BCUT2D eigenvalue weighted by Gasteiger charge is 2.45. The van der Waals surface area contributed by atoms with Gasteiger partial charge in [0, 0.05) is 41.7 Å². The van der Waals surface area contributed by atoms with Crippen molar-refractivity contribution in [3.05, 3.63) is 144 Å². The molecule has 3 aromatic rings. The number of alkyl halides is 3. The number of anilines is 1. The Morgan fingerprint density at radius 2 is 1.55 bits per heavy atom. The van der Waals surface area contributed by atoms with E-state index in [-0.39, 0.29) is 11.8 Å². The molecule has 1 saturated heterocycles. The lowest BCUT2D eigenvalue weighted by molar-refractivity contribution is -0.123. The molecule has 0 bridgehead atoms. The highest BCUT2D eigenvalue weighted by atomic mass is 19.4. The number of unbranched alkanes of at least 4 members (excludes halogenated alkanes) is 1. The smallest absolute Gasteiger partial charge is 0.405 e. The molecule has 268 valence electrons. The minimum atomic E-state index is -4.35. The number of nitrogens with zero attached hydrogens (tertiary/aromatic N) is 1. The minimum absolute atomic E-state index is 0.0253. The van der Waals surface area contributed by atoms with E-state index < -0.39 is 24.0 Å². The van der Waals surface area contributed by atoms with Gasteiger partial charge in [0.15, 0.2) is 0 Å². The Morgan fingerprint density at radius 3 is 2.16 bits per heavy atom. The Kier molecular flexibility index (Phi) is 11.9. The number of benzene rings is 3. The van der Waals surface area contributed by atoms with Crippen LogP contribution in [-0.2, 0) is 10.2 Å². The van der Waals surface area contributed by atoms with Gasteiger partial charge in [0.05, 0.1) is 11.1 Å². The number of aromatic hydroxyl groups is 1. The summed E-state index contributed by atoms with van der Waals surface area (Å²) in [7, 11) is 0. The summed E-state index contributed by atoms with van der Waals surface area (Å²) >= 11 is 0. The molecule has 1 amide bonds. The van der Waals surface area contributed by atoms with Crippen LogP contribution in [-0.4, -0.2) is 54.3 Å². The fourth-order valence-corrected chi connectivity index (χ4v) is 7.23. The molecule has 1 aliphatic carbocycles. The van der Waals surface area contributed by atoms with Crippen molar-refractivity contribution in [3.63, 3.8) is 0 Å². The van der Waals surface area contributed by atoms with E-state index in [0.29, 0.717) is 34.6 Å². The molecule has 4 N–H and O–H groups in total. The van der Waals surface area contributed by atoms with Gasteiger partial charge in [0.2, 0.25) is 0 Å². The van der Waals surface area contributed by atoms with Crippen molar-refractivity contribution < 1.29 is 23.1 Å². The molecule has 1 aliphatic heterocycles. The van der Waals surface area contributed by atoms with E-state index in [1.54, 1.807) is 30.4 Å². The Labute approximate surface area is 299 Å². The van der Waals surface area contributed by atoms with Crippen molar-refractivity contribution in [2.24, 2.45) is 0 Å². The van der Waals surface area contributed by atoms with Gasteiger partial charge in [-0.3, -0.25) is 4.79 Å². The van der Waals surface area contributed by atoms with Crippen LogP contribution < -0.4 is 16.0 Å². The second-order valence-corrected chi connectivity index (χ2v) is 13.2. The zero-order valence-electron chi connectivity index (χ0n) is 29.2. The normalized spacial score (nSPS) is 16.0. The second-order valence-electron chi connectivity index (χ2n) is 13.2. The van der Waals surface area contributed by atoms with Crippen molar-refractivity contribution >= 4 is 11.6 Å². The number of hydrogen-bond donors (Lipinski definition) is 4. The predicted octanol–water partition coefficient (Wildman–Crippen LogP) is 8.76. The molecule has 3 aromatic carbocycles. The summed E-state index contributed by atoms with van der Waals surface area (Å²) in [5, 5.41) is 19.0. The molecule has 0 radical (unpaired) electrons. The number of amides is 1. The van der Waals surface area contributed by atoms with Crippen LogP contribution in [0.5, 0.6) is 5.75 Å². The molecule has 2 aliphatic rings. The molecule has 9 heteroatoms. The molecule has 0 unspecified atom stereocenters. The average Bonchev–Trinajstić information content (AvgIpc) is 3.41. The Morgan fingerprint density at radius 1 is 0.941 bits per heavy atom. The third-order valence-corrected chi connectivity index (χ3v) is 9.86. The third kappa shape index (κ3) is 8.66. The number of piperidine rings is 1. The van der Waals surface area contributed by atoms with Crippen LogP contribution in [0.1, 0.15) is 50.2 Å². The van der Waals surface area contributed by atoms with Gasteiger partial charge in [-0.2, -0.15) is 13.2 Å². The molecule has 0 spiro atoms. The first kappa shape index (κ1) is 37.2. The summed E-state index contributed by atoms with van der Waals surface area (Å²) in [4.78, 5) is 15.6. The molecule has 0 saturated carbocycles. The first-order valence-corrected chi connectivity index (χ1v) is 17.4. The van der Waals surface area contributed by atoms with E-state index in [4.69, 9.17) is 0 Å². The van der Waals surface area contributed by atoms with Crippen LogP contribution in [0.15, 0.2) is 133 Å². The van der Waals surface area contributed by atoms with Crippen molar-refractivity contribution in [2.75, 3.05) is 31.5 Å². The van der Waals surface area contributed by atoms with Crippen LogP contribution in [0.3, 0.4) is 0 Å². The maximum Gasteiger partial charge on any atom is 0.405 e. The zero-order chi connectivity index (χ0) is 36.6. The number of halogens is 3. The standard InChI is InChI=1S/C42H47F3N4O2/c1-5-6-15-33(40(51)48-38-20-11-12-21-39(38)50)29(2)30(3)47-32-22-26-49(27-23-32)25-14-13-24-41(31(4)46-28-42(43,44)45)36-18-9-7-16-34(36)35-17-8-10-19-37(35)41/h5-12,15-21,32,46-47,50H,2-4,13-14,22-28H2,1H3,(H,48,51)/b6-5-,33-15+. The number of hydrogen-bond acceptors (Lipinski definition) is 5. The van der Waals surface area contributed by atoms with E-state index in [9.17, 15) is 23.1 Å². The average molecular weight is 697 g/mol. The monoisotopic (exact) mass is 696 g/mol. The van der Waals surface area contributed by atoms with E-state index >= 15 is 0 Å². The fraction of sp³-hybridized carbons (Fsp3) is 0.310. The lowest BCUT2D eigenvalue weighted by atomic mass is 9.72. The summed E-state index contributed by atoms with van der Waals surface area (Å²) in [5.74, 6) is -0.425. The highest BCUT2D eigenvalue weighted by Crippen LogP contribution is 2.54. The number of likely N-dealkylation sites (tertiary alicyclic amines) is 1. The van der Waals surface area contributed by atoms with Crippen molar-refractivity contribution in [2.45, 2.75) is 56.7 Å². The zero-order valence-corrected chi connectivity index (χ0v) is 29.2. The van der Waals surface area contributed by atoms with E-state index in [2.05, 4.69) is 40.6 Å². The lowest BCUT2D eigenvalue weighted by Crippen LogP contribution is -2.42. The summed E-state index contributed by atoms with van der Waals surface area (Å²) in [6.45, 7) is 15.9. The fourth-order valence-electron chi connectivity index (χ4n) is 7.23. The summed E-state index contributed by atoms with van der Waals surface area (Å²) in [6, 6.07) is 22.7. The molecule has 6 nitrogen and oxygen atoms in total. The van der Waals surface area contributed by atoms with Gasteiger partial charge in [-0.25, -0.2) is 0 Å². The first-order chi connectivity index (χ1) is 24.4. The van der Waals surface area contributed by atoms with Crippen LogP contribution in [0.2, 0.25) is 0 Å². The van der Waals surface area contributed by atoms with Crippen LogP contribution >= 0.6 is 0 Å². The van der Waals surface area contributed by atoms with Crippen LogP contribution in [0, 0.1) is 0 Å². The maximum absolute atomic E-state index is 13.3. The van der Waals surface area contributed by atoms with E-state index in [1.807, 2.05) is 61.5 Å². The number of rotatable bonds is 15. The minimum Gasteiger partial charge on any atom is -0.506 e. The molecule has 0 atom stereocenters. The number of carbonyl (C=O) groups is 1. The van der Waals surface area contributed by atoms with Crippen molar-refractivity contribution in [1.29, 1.82) is 0 Å². The van der Waals surface area contributed by atoms with Crippen LogP contribution in [0.4, 0.5) is 18.9 Å². The van der Waals surface area contributed by atoms with Gasteiger partial charge >= 0.3 is 6.18 Å². The largest absolute Gasteiger partial charge is 0.506 e. The van der Waals surface area contributed by atoms with Gasteiger partial charge in [-0.1, -0.05) is 99.0 Å². The number of carbonyl (C=O) groups excluding carboxylic acids is 1. The lowest BCUT2D eigenvalue weighted by Gasteiger charge is -2.36. The number of phenols is 1. The number of fused-ring (bicyclic) bond motifs is 3. The van der Waals surface area contributed by atoms with Gasteiger partial charge in [0.25, 0.3) is 5.91 Å². The number of phenolic OH excluding ortho intramolecular Hbond substituents is 1. The summed E-state index contributed by atoms with van der Waals surface area (Å²) in [5.41, 5.74) is 5.40. The SMILES string of the molecule is C=C(NC1CCN(CCCCC2(C(=C)NCC(F)(F)F)c3ccccc3-c3ccccc32)CC1)C(=C)/C(=C\C=C/C)C(=O)Nc1ccccc1O. The first-order valence-electron chi connectivity index (χ1n) is 17.4. The van der Waals surface area contributed by atoms with Crippen LogP contribution in [0.25, 0.3) is 11.1 Å². The Hall–Kier alpha value is -5.02. The molecule has 5 rings (SSSR count). The third-order valence-electron chi connectivity index (χ3n) is 9.86. The van der Waals surface area contributed by atoms with Crippen molar-refractivity contribution in [3.8, 4) is 16.9 Å². The quantitative estimate of drug-likeness (QED) is 0.0554. The molecule has 1 fully saturated rings. The van der Waals surface area contributed by atoms with E-state index in [0.717, 1.165) is 67.6 Å². The van der Waals surface area contributed by atoms with Gasteiger partial charge in [-0.05, 0) is 79.6 Å². The molecule has 51 heavy (non-hydrogen) atoms. The molecular weight excluding hydrogens is 649 g/mol. The number of para-hydroxylation sites is 2. The topological polar surface area (TPSA) is 76.6 Å². The molecule has 0 aromatic heterocycles. The predicted molar refractivity (Wildman–Crippen MR) is 200 cm³/mol. The molecule has 1 heterocycles. The summed E-state index contributed by atoms with van der Waals surface area (Å²) in [6.07, 6.45) is 5.03. The van der Waals surface area contributed by atoms with Crippen molar-refractivity contribution in [1.82, 2.24) is 15.5 Å². The van der Waals surface area contributed by atoms with E-state index in [1.165, 1.54) is 6.07 Å². The number of nitrogens with one attached hydrogen (secondary N) is 3. The van der Waals surface area contributed by atoms with Gasteiger partial charge < -0.3 is 26.0 Å². The maximum atomic E-state index is 13.3. The van der Waals surface area contributed by atoms with Gasteiger partial charge in [-0.15, -0.1) is 0 Å². The summed E-state index contributed by atoms with van der Waals surface area (Å²) < 4.78 is 39.9. The second kappa shape index (κ2) is 16.3.